The zero-order valence-electron chi connectivity index (χ0n) is 53.2. The monoisotopic (exact) mass is 1110 g/mol. The fourth-order valence-corrected chi connectivity index (χ4v) is 10.6. The Labute approximate surface area is 492 Å². The van der Waals surface area contributed by atoms with E-state index < -0.39 is 6.10 Å². The first kappa shape index (κ1) is 76.4. The molecule has 0 rings (SSSR count). The van der Waals surface area contributed by atoms with Crippen molar-refractivity contribution in [3.8, 4) is 0 Å². The Kier molecular flexibility index (Phi) is 65.6. The molecule has 0 spiro atoms. The highest BCUT2D eigenvalue weighted by Gasteiger charge is 2.19. The van der Waals surface area contributed by atoms with Crippen LogP contribution in [-0.2, 0) is 28.6 Å². The molecule has 0 radical (unpaired) electrons. The van der Waals surface area contributed by atoms with Crippen molar-refractivity contribution in [3.05, 3.63) is 48.6 Å². The Hall–Kier alpha value is -2.63. The first-order valence-corrected chi connectivity index (χ1v) is 35.1. The minimum absolute atomic E-state index is 0.0729. The fraction of sp³-hybridized carbons (Fsp3) is 0.849. The molecule has 0 N–H and O–H groups in total. The second-order valence-electron chi connectivity index (χ2n) is 23.8. The van der Waals surface area contributed by atoms with Gasteiger partial charge in [0.05, 0.1) is 0 Å². The maximum Gasteiger partial charge on any atom is 0.306 e. The molecule has 0 aromatic carbocycles. The minimum Gasteiger partial charge on any atom is -0.462 e. The van der Waals surface area contributed by atoms with Gasteiger partial charge < -0.3 is 14.2 Å². The summed E-state index contributed by atoms with van der Waals surface area (Å²) in [6, 6.07) is 0. The number of ether oxygens (including phenoxy) is 3. The van der Waals surface area contributed by atoms with Crippen molar-refractivity contribution < 1.29 is 28.6 Å². The molecule has 0 aliphatic heterocycles. The first-order valence-electron chi connectivity index (χ1n) is 35.1. The van der Waals surface area contributed by atoms with Crippen LogP contribution in [0.1, 0.15) is 380 Å². The van der Waals surface area contributed by atoms with Crippen LogP contribution in [0.15, 0.2) is 48.6 Å². The summed E-state index contributed by atoms with van der Waals surface area (Å²) in [5, 5.41) is 0. The summed E-state index contributed by atoms with van der Waals surface area (Å²) in [6.45, 7) is 6.59. The predicted molar refractivity (Wildman–Crippen MR) is 344 cm³/mol. The molecule has 0 aliphatic rings. The minimum atomic E-state index is -0.778. The van der Waals surface area contributed by atoms with Gasteiger partial charge in [0.15, 0.2) is 6.10 Å². The standard InChI is InChI=1S/C73H134O6/c1-4-7-10-13-16-19-22-25-28-31-33-34-35-36-37-38-40-42-45-48-51-54-57-60-63-66-72(75)78-69-70(68-77-71(74)65-62-59-56-53-50-47-44-41-30-27-24-21-18-15-12-9-6-3)79-73(76)67-64-61-58-55-52-49-46-43-39-32-29-26-23-20-17-14-11-8-5-2/h9,12,18,21,26-27,29-30,70H,4-8,10-11,13-17,19-20,22-25,28,31-69H2,1-3H3/b12-9-,21-18-,29-26-,30-27-. The van der Waals surface area contributed by atoms with E-state index in [1.807, 2.05) is 0 Å². The van der Waals surface area contributed by atoms with Crippen molar-refractivity contribution in [2.75, 3.05) is 13.2 Å². The average molecular weight is 1110 g/mol. The number of unbranched alkanes of at least 4 members (excludes halogenated alkanes) is 46. The predicted octanol–water partition coefficient (Wildman–Crippen LogP) is 24.1. The number of carbonyl (C=O) groups excluding carboxylic acids is 3. The van der Waals surface area contributed by atoms with E-state index >= 15 is 0 Å². The largest absolute Gasteiger partial charge is 0.462 e. The van der Waals surface area contributed by atoms with Crippen LogP contribution < -0.4 is 0 Å². The van der Waals surface area contributed by atoms with E-state index in [1.54, 1.807) is 0 Å². The van der Waals surface area contributed by atoms with Crippen molar-refractivity contribution in [2.45, 2.75) is 386 Å². The van der Waals surface area contributed by atoms with Gasteiger partial charge in [-0.05, 0) is 77.0 Å². The summed E-state index contributed by atoms with van der Waals surface area (Å²) >= 11 is 0. The third-order valence-corrected chi connectivity index (χ3v) is 15.8. The summed E-state index contributed by atoms with van der Waals surface area (Å²) in [6.07, 6.45) is 85.7. The summed E-state index contributed by atoms with van der Waals surface area (Å²) in [5.74, 6) is -0.859. The van der Waals surface area contributed by atoms with E-state index in [9.17, 15) is 14.4 Å². The zero-order valence-corrected chi connectivity index (χ0v) is 53.2. The lowest BCUT2D eigenvalue weighted by atomic mass is 10.0. The quantitative estimate of drug-likeness (QED) is 0.0261. The third kappa shape index (κ3) is 66.1. The van der Waals surface area contributed by atoms with Crippen molar-refractivity contribution in [3.63, 3.8) is 0 Å². The molecule has 79 heavy (non-hydrogen) atoms. The molecule has 6 nitrogen and oxygen atoms in total. The molecular weight excluding hydrogens is 973 g/mol. The summed E-state index contributed by atoms with van der Waals surface area (Å²) in [5.41, 5.74) is 0. The van der Waals surface area contributed by atoms with Gasteiger partial charge in [0.1, 0.15) is 13.2 Å². The highest BCUT2D eigenvalue weighted by molar-refractivity contribution is 5.71. The molecule has 1 atom stereocenters. The molecule has 462 valence electrons. The molecule has 0 heterocycles. The first-order chi connectivity index (χ1) is 39.0. The topological polar surface area (TPSA) is 78.9 Å². The van der Waals surface area contributed by atoms with Crippen molar-refractivity contribution in [1.82, 2.24) is 0 Å². The number of hydrogen-bond acceptors (Lipinski definition) is 6. The van der Waals surface area contributed by atoms with Crippen LogP contribution in [-0.4, -0.2) is 37.2 Å². The molecule has 0 aromatic heterocycles. The van der Waals surface area contributed by atoms with E-state index in [0.29, 0.717) is 19.3 Å². The molecule has 0 bridgehead atoms. The molecular formula is C73H134O6. The van der Waals surface area contributed by atoms with Gasteiger partial charge in [0.2, 0.25) is 0 Å². The van der Waals surface area contributed by atoms with Gasteiger partial charge in [-0.2, -0.15) is 0 Å². The molecule has 0 saturated heterocycles. The van der Waals surface area contributed by atoms with Gasteiger partial charge >= 0.3 is 17.9 Å². The van der Waals surface area contributed by atoms with Gasteiger partial charge in [-0.1, -0.05) is 333 Å². The van der Waals surface area contributed by atoms with Crippen molar-refractivity contribution in [1.29, 1.82) is 0 Å². The van der Waals surface area contributed by atoms with Crippen molar-refractivity contribution in [2.24, 2.45) is 0 Å². The molecule has 1 unspecified atom stereocenters. The second kappa shape index (κ2) is 67.9. The number of allylic oxidation sites excluding steroid dienone is 8. The van der Waals surface area contributed by atoms with Gasteiger partial charge in [-0.15, -0.1) is 0 Å². The average Bonchev–Trinajstić information content (AvgIpc) is 3.45. The molecule has 0 saturated carbocycles. The Bertz CT molecular complexity index is 1360. The maximum absolute atomic E-state index is 12.9. The molecule has 0 aromatic rings. The number of rotatable bonds is 65. The lowest BCUT2D eigenvalue weighted by Gasteiger charge is -2.18. The van der Waals surface area contributed by atoms with Crippen LogP contribution in [0.2, 0.25) is 0 Å². The highest BCUT2D eigenvalue weighted by atomic mass is 16.6. The van der Waals surface area contributed by atoms with Crippen LogP contribution in [0.4, 0.5) is 0 Å². The smallest absolute Gasteiger partial charge is 0.306 e. The molecule has 0 aliphatic carbocycles. The van der Waals surface area contributed by atoms with E-state index in [-0.39, 0.29) is 31.1 Å². The number of esters is 3. The van der Waals surface area contributed by atoms with E-state index in [0.717, 1.165) is 83.5 Å². The van der Waals surface area contributed by atoms with Gasteiger partial charge in [0, 0.05) is 19.3 Å². The SMILES string of the molecule is CC/C=C\C/C=C\C/C=C\CCCCCCCCCC(=O)OCC(COC(=O)CCCCCCCCCCCCCCCCCCCCCCCCCCC)OC(=O)CCCCCCCCCCC/C=C\CCCCCCCC. The Balaban J connectivity index is 4.28. The van der Waals surface area contributed by atoms with Crippen molar-refractivity contribution >= 4 is 17.9 Å². The zero-order chi connectivity index (χ0) is 57.1. The van der Waals surface area contributed by atoms with Crippen LogP contribution in [0.25, 0.3) is 0 Å². The van der Waals surface area contributed by atoms with Crippen LogP contribution in [0.5, 0.6) is 0 Å². The molecule has 0 fully saturated rings. The van der Waals surface area contributed by atoms with Gasteiger partial charge in [0.25, 0.3) is 0 Å². The normalized spacial score (nSPS) is 12.3. The van der Waals surface area contributed by atoms with E-state index in [4.69, 9.17) is 14.2 Å². The van der Waals surface area contributed by atoms with Crippen LogP contribution >= 0.6 is 0 Å². The van der Waals surface area contributed by atoms with Gasteiger partial charge in [-0.25, -0.2) is 0 Å². The molecule has 6 heteroatoms. The lowest BCUT2D eigenvalue weighted by Crippen LogP contribution is -2.30. The lowest BCUT2D eigenvalue weighted by molar-refractivity contribution is -0.167. The summed E-state index contributed by atoms with van der Waals surface area (Å²) in [4.78, 5) is 38.5. The van der Waals surface area contributed by atoms with Crippen LogP contribution in [0.3, 0.4) is 0 Å². The van der Waals surface area contributed by atoms with E-state index in [1.165, 1.54) is 257 Å². The summed E-state index contributed by atoms with van der Waals surface area (Å²) in [7, 11) is 0. The number of hydrogen-bond donors (Lipinski definition) is 0. The van der Waals surface area contributed by atoms with Crippen LogP contribution in [0, 0.1) is 0 Å². The Morgan fingerprint density at radius 1 is 0.266 bits per heavy atom. The highest BCUT2D eigenvalue weighted by Crippen LogP contribution is 2.18. The maximum atomic E-state index is 12.9. The number of carbonyl (C=O) groups is 3. The Morgan fingerprint density at radius 3 is 0.785 bits per heavy atom. The third-order valence-electron chi connectivity index (χ3n) is 15.8. The fourth-order valence-electron chi connectivity index (χ4n) is 10.6. The second-order valence-corrected chi connectivity index (χ2v) is 23.8. The van der Waals surface area contributed by atoms with E-state index in [2.05, 4.69) is 69.4 Å². The molecule has 0 amide bonds. The Morgan fingerprint density at radius 2 is 0.494 bits per heavy atom. The van der Waals surface area contributed by atoms with Gasteiger partial charge in [-0.3, -0.25) is 14.4 Å². The summed E-state index contributed by atoms with van der Waals surface area (Å²) < 4.78 is 17.0.